The van der Waals surface area contributed by atoms with Gasteiger partial charge >= 0.3 is 0 Å². The van der Waals surface area contributed by atoms with Crippen molar-refractivity contribution >= 4 is 74.8 Å². The maximum Gasteiger partial charge on any atom is 0.293 e. The third kappa shape index (κ3) is 4.42. The number of nitrogens with zero attached hydrogens (tertiary/aromatic N) is 1. The molecule has 1 heterocycles. The maximum atomic E-state index is 12.8. The van der Waals surface area contributed by atoms with Gasteiger partial charge in [-0.05, 0) is 75.8 Å². The van der Waals surface area contributed by atoms with Crippen LogP contribution in [0.1, 0.15) is 11.1 Å². The molecule has 0 N–H and O–H groups in total. The van der Waals surface area contributed by atoms with Crippen molar-refractivity contribution in [3.8, 4) is 11.5 Å². The Bertz CT molecular complexity index is 996. The lowest BCUT2D eigenvalue weighted by Crippen LogP contribution is -2.27. The lowest BCUT2D eigenvalue weighted by Gasteiger charge is -2.13. The van der Waals surface area contributed by atoms with Crippen molar-refractivity contribution in [2.45, 2.75) is 6.54 Å². The first-order chi connectivity index (χ1) is 13.3. The van der Waals surface area contributed by atoms with Crippen LogP contribution in [0.25, 0.3) is 6.08 Å². The molecule has 2 amide bonds. The molecule has 2 aromatic rings. The zero-order chi connectivity index (χ0) is 20.4. The first-order valence-electron chi connectivity index (χ1n) is 7.95. The van der Waals surface area contributed by atoms with E-state index in [-0.39, 0.29) is 17.7 Å². The molecule has 0 atom stereocenters. The fraction of sp³-hybridized carbons (Fsp3) is 0.158. The monoisotopic (exact) mass is 549 g/mol. The van der Waals surface area contributed by atoms with Gasteiger partial charge in [0.1, 0.15) is 0 Å². The molecule has 9 heteroatoms. The molecule has 0 radical (unpaired) electrons. The minimum Gasteiger partial charge on any atom is -0.493 e. The molecule has 0 unspecified atom stereocenters. The van der Waals surface area contributed by atoms with Gasteiger partial charge in [0.05, 0.1) is 29.2 Å². The minimum absolute atomic E-state index is 0.0848. The van der Waals surface area contributed by atoms with Crippen LogP contribution in [-0.4, -0.2) is 30.3 Å². The zero-order valence-corrected chi connectivity index (χ0v) is 19.3. The molecule has 28 heavy (non-hydrogen) atoms. The first-order valence-corrected chi connectivity index (χ1v) is 10.6. The van der Waals surface area contributed by atoms with E-state index in [9.17, 15) is 9.59 Å². The van der Waals surface area contributed by atoms with Gasteiger partial charge in [0, 0.05) is 10.0 Å². The SMILES string of the molecule is COc1cc(/C=C2/SC(=O)N(Cc3ccc(Cl)cc3Cl)C2=O)cc(I)c1OC. The molecule has 3 rings (SSSR count). The topological polar surface area (TPSA) is 55.8 Å². The predicted octanol–water partition coefficient (Wildman–Crippen LogP) is 5.85. The molecular formula is C19H14Cl2INO4S. The number of thioether (sulfide) groups is 1. The van der Waals surface area contributed by atoms with Gasteiger partial charge in [-0.25, -0.2) is 0 Å². The summed E-state index contributed by atoms with van der Waals surface area (Å²) < 4.78 is 11.5. The molecule has 1 aliphatic heterocycles. The van der Waals surface area contributed by atoms with Crippen molar-refractivity contribution in [2.75, 3.05) is 14.2 Å². The third-order valence-corrected chi connectivity index (χ3v) is 6.27. The van der Waals surface area contributed by atoms with Crippen molar-refractivity contribution in [1.29, 1.82) is 0 Å². The Morgan fingerprint density at radius 2 is 1.89 bits per heavy atom. The number of hydrogen-bond acceptors (Lipinski definition) is 5. The molecule has 1 saturated heterocycles. The fourth-order valence-corrected chi connectivity index (χ4v) is 4.78. The molecule has 0 aliphatic carbocycles. The quantitative estimate of drug-likeness (QED) is 0.346. The standard InChI is InChI=1S/C19H14Cl2INO4S/c1-26-15-6-10(5-14(22)17(15)27-2)7-16-18(24)23(19(25)28-16)9-11-3-4-12(20)8-13(11)21/h3-8H,9H2,1-2H3/b16-7+. The summed E-state index contributed by atoms with van der Waals surface area (Å²) >= 11 is 15.1. The van der Waals surface area contributed by atoms with Crippen LogP contribution >= 0.6 is 57.6 Å². The van der Waals surface area contributed by atoms with Crippen LogP contribution in [0.3, 0.4) is 0 Å². The van der Waals surface area contributed by atoms with Gasteiger partial charge in [-0.15, -0.1) is 0 Å². The maximum absolute atomic E-state index is 12.8. The number of benzene rings is 2. The first kappa shape index (κ1) is 21.3. The molecule has 146 valence electrons. The van der Waals surface area contributed by atoms with E-state index in [2.05, 4.69) is 22.6 Å². The molecule has 1 aliphatic rings. The van der Waals surface area contributed by atoms with Gasteiger partial charge in [-0.1, -0.05) is 29.3 Å². The molecule has 0 bridgehead atoms. The van der Waals surface area contributed by atoms with Crippen molar-refractivity contribution in [2.24, 2.45) is 0 Å². The van der Waals surface area contributed by atoms with E-state index < -0.39 is 0 Å². The number of ether oxygens (including phenoxy) is 2. The molecule has 2 aromatic carbocycles. The van der Waals surface area contributed by atoms with E-state index in [4.69, 9.17) is 32.7 Å². The van der Waals surface area contributed by atoms with Gasteiger partial charge in [0.15, 0.2) is 11.5 Å². The summed E-state index contributed by atoms with van der Waals surface area (Å²) in [7, 11) is 3.11. The van der Waals surface area contributed by atoms with Gasteiger partial charge in [-0.2, -0.15) is 0 Å². The lowest BCUT2D eigenvalue weighted by molar-refractivity contribution is -0.123. The van der Waals surface area contributed by atoms with E-state index in [1.165, 1.54) is 0 Å². The van der Waals surface area contributed by atoms with Gasteiger partial charge in [0.2, 0.25) is 0 Å². The Balaban J connectivity index is 1.88. The molecule has 1 fully saturated rings. The van der Waals surface area contributed by atoms with Crippen LogP contribution in [0.15, 0.2) is 35.2 Å². The smallest absolute Gasteiger partial charge is 0.293 e. The van der Waals surface area contributed by atoms with E-state index in [1.807, 2.05) is 6.07 Å². The summed E-state index contributed by atoms with van der Waals surface area (Å²) in [5.74, 6) is 0.796. The summed E-state index contributed by atoms with van der Waals surface area (Å²) in [5.41, 5.74) is 1.38. The third-order valence-electron chi connectivity index (χ3n) is 3.97. The highest BCUT2D eigenvalue weighted by Crippen LogP contribution is 2.37. The molecule has 0 aromatic heterocycles. The van der Waals surface area contributed by atoms with Crippen molar-refractivity contribution in [3.05, 3.63) is 60.0 Å². The molecular weight excluding hydrogens is 536 g/mol. The number of amides is 2. The number of carbonyl (C=O) groups excluding carboxylic acids is 2. The number of halogens is 3. The van der Waals surface area contributed by atoms with Crippen LogP contribution in [-0.2, 0) is 11.3 Å². The number of hydrogen-bond donors (Lipinski definition) is 0. The van der Waals surface area contributed by atoms with Gasteiger partial charge in [0.25, 0.3) is 11.1 Å². The Kier molecular flexibility index (Phi) is 6.80. The Morgan fingerprint density at radius 3 is 2.54 bits per heavy atom. The second-order valence-electron chi connectivity index (χ2n) is 5.74. The van der Waals surface area contributed by atoms with E-state index in [0.29, 0.717) is 32.0 Å². The predicted molar refractivity (Wildman–Crippen MR) is 120 cm³/mol. The highest BCUT2D eigenvalue weighted by Gasteiger charge is 2.35. The van der Waals surface area contributed by atoms with Crippen molar-refractivity contribution in [1.82, 2.24) is 4.90 Å². The van der Waals surface area contributed by atoms with Crippen LogP contribution in [0.4, 0.5) is 4.79 Å². The van der Waals surface area contributed by atoms with Crippen molar-refractivity contribution in [3.63, 3.8) is 0 Å². The van der Waals surface area contributed by atoms with Gasteiger partial charge < -0.3 is 9.47 Å². The van der Waals surface area contributed by atoms with Crippen LogP contribution < -0.4 is 9.47 Å². The lowest BCUT2D eigenvalue weighted by atomic mass is 10.1. The average molecular weight is 550 g/mol. The number of imide groups is 1. The highest BCUT2D eigenvalue weighted by atomic mass is 127. The summed E-state index contributed by atoms with van der Waals surface area (Å²) in [5, 5.41) is 0.549. The van der Waals surface area contributed by atoms with Crippen LogP contribution in [0.2, 0.25) is 10.0 Å². The zero-order valence-electron chi connectivity index (χ0n) is 14.8. The number of methoxy groups -OCH3 is 2. The van der Waals surface area contributed by atoms with E-state index >= 15 is 0 Å². The Labute approximate surface area is 190 Å². The van der Waals surface area contributed by atoms with E-state index in [1.54, 1.807) is 44.6 Å². The summed E-state index contributed by atoms with van der Waals surface area (Å²) in [6.45, 7) is 0.0848. The molecule has 0 spiro atoms. The average Bonchev–Trinajstić information content (AvgIpc) is 2.90. The number of carbonyl (C=O) groups is 2. The molecule has 0 saturated carbocycles. The summed E-state index contributed by atoms with van der Waals surface area (Å²) in [4.78, 5) is 26.6. The Hall–Kier alpha value is -1.42. The minimum atomic E-state index is -0.370. The molecule has 5 nitrogen and oxygen atoms in total. The van der Waals surface area contributed by atoms with Crippen molar-refractivity contribution < 1.29 is 19.1 Å². The largest absolute Gasteiger partial charge is 0.493 e. The number of rotatable bonds is 5. The van der Waals surface area contributed by atoms with Crippen LogP contribution in [0.5, 0.6) is 11.5 Å². The van der Waals surface area contributed by atoms with Gasteiger partial charge in [-0.3, -0.25) is 14.5 Å². The fourth-order valence-electron chi connectivity index (χ4n) is 2.63. The summed E-state index contributed by atoms with van der Waals surface area (Å²) in [6, 6.07) is 8.56. The van der Waals surface area contributed by atoms with E-state index in [0.717, 1.165) is 25.8 Å². The normalized spacial score (nSPS) is 15.5. The van der Waals surface area contributed by atoms with Crippen LogP contribution in [0, 0.1) is 3.57 Å². The summed E-state index contributed by atoms with van der Waals surface area (Å²) in [6.07, 6.45) is 1.67. The second-order valence-corrected chi connectivity index (χ2v) is 8.74. The highest BCUT2D eigenvalue weighted by molar-refractivity contribution is 14.1. The Morgan fingerprint density at radius 1 is 1.14 bits per heavy atom. The second kappa shape index (κ2) is 8.94.